The molecule has 322 valence electrons. The van der Waals surface area contributed by atoms with Gasteiger partial charge in [-0.05, 0) is 89.2 Å². The Bertz CT molecular complexity index is 2420. The smallest absolute Gasteiger partial charge is 0.458 e. The van der Waals surface area contributed by atoms with Crippen molar-refractivity contribution >= 4 is 63.2 Å². The van der Waals surface area contributed by atoms with Crippen LogP contribution in [0.4, 0.5) is 0 Å². The number of hydrogen-bond donors (Lipinski definition) is 4. The zero-order valence-electron chi connectivity index (χ0n) is 33.4. The quantitative estimate of drug-likeness (QED) is 0.0196. The van der Waals surface area contributed by atoms with E-state index in [2.05, 4.69) is 5.10 Å². The van der Waals surface area contributed by atoms with E-state index in [4.69, 9.17) is 25.8 Å². The molecule has 0 bridgehead atoms. The Balaban J connectivity index is 0.924. The summed E-state index contributed by atoms with van der Waals surface area (Å²) in [4.78, 5) is 66.7. The maximum Gasteiger partial charge on any atom is 0.540 e. The molecule has 0 radical (unpaired) electrons. The van der Waals surface area contributed by atoms with Crippen molar-refractivity contribution in [3.63, 3.8) is 0 Å². The van der Waals surface area contributed by atoms with Gasteiger partial charge in [-0.25, -0.2) is 0 Å². The average Bonchev–Trinajstić information content (AvgIpc) is 3.50. The average molecular weight is 918 g/mol. The summed E-state index contributed by atoms with van der Waals surface area (Å²) < 4.78 is 41.8. The predicted octanol–water partition coefficient (Wildman–Crippen LogP) is 6.86. The van der Waals surface area contributed by atoms with Crippen LogP contribution in [-0.4, -0.2) is 91.7 Å². The van der Waals surface area contributed by atoms with E-state index in [9.17, 15) is 38.3 Å². The van der Waals surface area contributed by atoms with E-state index in [0.29, 0.717) is 52.4 Å². The molecule has 4 N–H and O–H groups in total. The van der Waals surface area contributed by atoms with Crippen molar-refractivity contribution in [1.82, 2.24) is 14.6 Å². The largest absolute Gasteiger partial charge is 0.540 e. The minimum Gasteiger partial charge on any atom is -0.458 e. The Morgan fingerprint density at radius 2 is 1.11 bits per heavy atom. The Morgan fingerprint density at radius 3 is 1.60 bits per heavy atom. The molecule has 2 amide bonds. The van der Waals surface area contributed by atoms with E-state index in [0.717, 1.165) is 21.6 Å². The summed E-state index contributed by atoms with van der Waals surface area (Å²) in [5, 5.41) is 4.40. The van der Waals surface area contributed by atoms with Gasteiger partial charge in [0.25, 0.3) is 11.8 Å². The third kappa shape index (κ3) is 13.6. The van der Waals surface area contributed by atoms with Gasteiger partial charge in [-0.15, -0.1) is 5.10 Å². The molecule has 0 fully saturated rings. The number of carbonyl (C=O) groups excluding carboxylic acids is 2. The molecule has 1 aliphatic rings. The highest BCUT2D eigenvalue weighted by Crippen LogP contribution is 2.41. The van der Waals surface area contributed by atoms with Crippen LogP contribution in [0.2, 0.25) is 0 Å². The second-order valence-corrected chi connectivity index (χ2v) is 19.5. The van der Waals surface area contributed by atoms with Crippen LogP contribution in [0.5, 0.6) is 17.2 Å². The number of rotatable bonds is 21. The van der Waals surface area contributed by atoms with Crippen molar-refractivity contribution < 1.29 is 52.3 Å². The Hall–Kier alpha value is -5.37. The van der Waals surface area contributed by atoms with Gasteiger partial charge in [0.15, 0.2) is 5.75 Å². The molecule has 0 saturated carbocycles. The van der Waals surface area contributed by atoms with Crippen molar-refractivity contribution in [2.45, 2.75) is 12.8 Å². The summed E-state index contributed by atoms with van der Waals surface area (Å²) in [5.74, 6) is 1.05. The molecular formula is C43H44N4O11P3S+. The summed E-state index contributed by atoms with van der Waals surface area (Å²) in [6.07, 6.45) is 0.876. The van der Waals surface area contributed by atoms with Gasteiger partial charge in [0.05, 0.1) is 24.4 Å². The molecule has 6 rings (SSSR count). The van der Waals surface area contributed by atoms with Gasteiger partial charge in [-0.3, -0.25) is 33.0 Å². The maximum absolute atomic E-state index is 13.6. The third-order valence-electron chi connectivity index (χ3n) is 9.37. The van der Waals surface area contributed by atoms with Gasteiger partial charge < -0.3 is 29.0 Å². The molecule has 5 aromatic rings. The van der Waals surface area contributed by atoms with Gasteiger partial charge in [-0.2, -0.15) is 0 Å². The Morgan fingerprint density at radius 1 is 0.661 bits per heavy atom. The van der Waals surface area contributed by atoms with Crippen LogP contribution in [-0.2, 0) is 43.4 Å². The van der Waals surface area contributed by atoms with Crippen molar-refractivity contribution in [2.24, 2.45) is 5.10 Å². The first-order chi connectivity index (χ1) is 29.6. The van der Waals surface area contributed by atoms with Crippen molar-refractivity contribution in [3.05, 3.63) is 161 Å². The molecule has 0 aliphatic carbocycles. The van der Waals surface area contributed by atoms with Crippen LogP contribution in [0.1, 0.15) is 27.8 Å². The maximum atomic E-state index is 13.6. The van der Waals surface area contributed by atoms with Gasteiger partial charge >= 0.3 is 22.3 Å². The molecule has 1 aliphatic heterocycles. The number of ether oxygens (including phenoxy) is 2. The van der Waals surface area contributed by atoms with E-state index in [-0.39, 0.29) is 31.7 Å². The standard InChI is InChI=1S/C43H43N4O11P3S/c1-45(59(62)58-39-22-14-32(15-23-39)24-26-46(29-60(50,51)52)30-61(53,54)55)44-28-34-16-20-38(21-17-34)57-31-56-37-18-12-33(13-19-37)25-27-47-42(48)40(35-8-4-2-5-9-35)41(43(47)49)36-10-6-3-7-11-36/h2-23,28H,24-27,29-31H2,1H3,(H3-,50,51,52,53,54,55)/p+1/b44-28+. The summed E-state index contributed by atoms with van der Waals surface area (Å²) >= 11 is 5.51. The second-order valence-electron chi connectivity index (χ2n) is 14.1. The first-order valence-electron chi connectivity index (χ1n) is 19.1. The Kier molecular flexibility index (Phi) is 15.7. The molecule has 15 nitrogen and oxygen atoms in total. The van der Waals surface area contributed by atoms with Crippen molar-refractivity contribution in [2.75, 3.05) is 39.5 Å². The van der Waals surface area contributed by atoms with Gasteiger partial charge in [0.1, 0.15) is 24.1 Å². The van der Waals surface area contributed by atoms with E-state index < -0.39 is 34.8 Å². The van der Waals surface area contributed by atoms with Crippen LogP contribution in [0, 0.1) is 0 Å². The van der Waals surface area contributed by atoms with Crippen LogP contribution >= 0.6 is 22.3 Å². The van der Waals surface area contributed by atoms with Crippen LogP contribution in [0.15, 0.2) is 139 Å². The highest BCUT2D eigenvalue weighted by atomic mass is 32.4. The second kappa shape index (κ2) is 21.1. The topological polar surface area (TPSA) is 199 Å². The van der Waals surface area contributed by atoms with E-state index in [1.165, 1.54) is 9.68 Å². The van der Waals surface area contributed by atoms with Crippen molar-refractivity contribution in [1.29, 1.82) is 0 Å². The highest BCUT2D eigenvalue weighted by Gasteiger charge is 2.39. The number of nitrogens with zero attached hydrogens (tertiary/aromatic N) is 4. The lowest BCUT2D eigenvalue weighted by molar-refractivity contribution is -0.135. The third-order valence-corrected chi connectivity index (χ3v) is 12.8. The fourth-order valence-electron chi connectivity index (χ4n) is 6.39. The fraction of sp³-hybridized carbons (Fsp3) is 0.186. The molecule has 0 spiro atoms. The van der Waals surface area contributed by atoms with Crippen LogP contribution < -0.4 is 14.0 Å². The fourth-order valence-corrected chi connectivity index (χ4v) is 9.01. The van der Waals surface area contributed by atoms with Gasteiger partial charge in [-0.1, -0.05) is 89.7 Å². The first kappa shape index (κ1) is 46.1. The number of hydrazone groups is 1. The number of carbonyl (C=O) groups is 2. The molecule has 5 aromatic carbocycles. The summed E-state index contributed by atoms with van der Waals surface area (Å²) in [7, 11) is -8.91. The summed E-state index contributed by atoms with van der Waals surface area (Å²) in [5.41, 5.74) is 4.73. The Labute approximate surface area is 364 Å². The van der Waals surface area contributed by atoms with E-state index in [1.807, 2.05) is 97.1 Å². The lowest BCUT2D eigenvalue weighted by Gasteiger charge is -2.22. The molecule has 19 heteroatoms. The van der Waals surface area contributed by atoms with Crippen molar-refractivity contribution in [3.8, 4) is 17.2 Å². The number of hydrogen-bond acceptors (Lipinski definition) is 10. The molecule has 1 heterocycles. The normalized spacial score (nSPS) is 13.6. The van der Waals surface area contributed by atoms with E-state index >= 15 is 0 Å². The molecule has 0 aromatic heterocycles. The minimum atomic E-state index is -4.51. The van der Waals surface area contributed by atoms with Crippen LogP contribution in [0.25, 0.3) is 11.1 Å². The molecular weight excluding hydrogens is 873 g/mol. The van der Waals surface area contributed by atoms with E-state index in [1.54, 1.807) is 49.7 Å². The van der Waals surface area contributed by atoms with Crippen LogP contribution in [0.3, 0.4) is 0 Å². The molecule has 1 atom stereocenters. The van der Waals surface area contributed by atoms with Gasteiger partial charge in [0, 0.05) is 13.1 Å². The monoisotopic (exact) mass is 917 g/mol. The molecule has 0 saturated heterocycles. The zero-order valence-corrected chi connectivity index (χ0v) is 36.9. The number of amides is 2. The summed E-state index contributed by atoms with van der Waals surface area (Å²) in [6.45, 7) is 0.224. The minimum absolute atomic E-state index is 0.0296. The lowest BCUT2D eigenvalue weighted by atomic mass is 9.96. The number of imide groups is 1. The summed E-state index contributed by atoms with van der Waals surface area (Å²) in [6, 6.07) is 40.0. The zero-order chi connectivity index (χ0) is 44.3. The predicted molar refractivity (Wildman–Crippen MR) is 240 cm³/mol. The highest BCUT2D eigenvalue weighted by molar-refractivity contribution is 8.02. The first-order valence-corrected chi connectivity index (χ1v) is 24.9. The molecule has 62 heavy (non-hydrogen) atoms. The van der Waals surface area contributed by atoms with Gasteiger partial charge in [0.2, 0.25) is 18.6 Å². The SMILES string of the molecule is CN(/N=C/c1ccc(OCOc2ccc(CCN3C(=O)C(c4ccccc4)=C(c4ccccc4)C3=O)cc2)cc1)[P+](=S)Oc1ccc(CCN(CP(=O)(O)O)CP(=O)(O)O)cc1. The molecule has 1 unspecified atom stereocenters. The lowest BCUT2D eigenvalue weighted by Crippen LogP contribution is -2.33. The number of benzene rings is 5.